The monoisotopic (exact) mass is 522 g/mol. The minimum atomic E-state index is -3.73. The molecule has 1 atom stereocenters. The summed E-state index contributed by atoms with van der Waals surface area (Å²) in [6.07, 6.45) is 2.48. The number of primary amides is 1. The molecular weight excluding hydrogens is 500 g/mol. The Balaban J connectivity index is 1.23. The van der Waals surface area contributed by atoms with Crippen LogP contribution in [0.2, 0.25) is 5.02 Å². The number of aromatic nitrogens is 2. The predicted octanol–water partition coefficient (Wildman–Crippen LogP) is 2.29. The molecule has 3 N–H and O–H groups in total. The van der Waals surface area contributed by atoms with E-state index in [0.29, 0.717) is 28.6 Å². The Kier molecular flexibility index (Phi) is 6.00. The number of H-pyrrole nitrogens is 1. The Morgan fingerprint density at radius 3 is 2.59 bits per heavy atom. The van der Waals surface area contributed by atoms with Gasteiger partial charge in [0.15, 0.2) is 5.01 Å². The second kappa shape index (κ2) is 8.84. The second-order valence-electron chi connectivity index (χ2n) is 8.40. The number of nitrogens with one attached hydrogen (secondary N) is 1. The summed E-state index contributed by atoms with van der Waals surface area (Å²) in [6, 6.07) is 6.29. The number of carbonyl (C=O) groups excluding carboxylic acids is 2. The molecule has 3 amide bonds. The maximum atomic E-state index is 13.1. The summed E-state index contributed by atoms with van der Waals surface area (Å²) in [4.78, 5) is 35.8. The van der Waals surface area contributed by atoms with Crippen LogP contribution in [0.25, 0.3) is 10.9 Å². The van der Waals surface area contributed by atoms with Crippen molar-refractivity contribution in [3.05, 3.63) is 45.4 Å². The molecule has 0 spiro atoms. The van der Waals surface area contributed by atoms with Crippen molar-refractivity contribution in [3.8, 4) is 0 Å². The second-order valence-corrected chi connectivity index (χ2v) is 11.8. The molecule has 0 bridgehead atoms. The summed E-state index contributed by atoms with van der Waals surface area (Å²) in [7, 11) is -3.73. The molecule has 2 saturated heterocycles. The molecule has 2 fully saturated rings. The highest BCUT2D eigenvalue weighted by Gasteiger charge is 2.33. The molecule has 10 nitrogen and oxygen atoms in total. The van der Waals surface area contributed by atoms with Gasteiger partial charge in [0.25, 0.3) is 15.9 Å². The van der Waals surface area contributed by atoms with Gasteiger partial charge in [0.2, 0.25) is 0 Å². The number of rotatable bonds is 4. The van der Waals surface area contributed by atoms with Crippen molar-refractivity contribution in [2.24, 2.45) is 5.73 Å². The first-order chi connectivity index (χ1) is 16.2. The van der Waals surface area contributed by atoms with Gasteiger partial charge in [-0.2, -0.15) is 4.31 Å². The van der Waals surface area contributed by atoms with E-state index < -0.39 is 16.1 Å². The van der Waals surface area contributed by atoms with Gasteiger partial charge >= 0.3 is 6.03 Å². The van der Waals surface area contributed by atoms with Crippen LogP contribution in [0, 0.1) is 0 Å². The zero-order chi connectivity index (χ0) is 24.0. The Labute approximate surface area is 205 Å². The standard InChI is InChI=1S/C21H23ClN6O4S2/c22-15-1-2-16-14(9-15)10-18(25-16)34(31,32)28-7-5-26(6-8-28)20(29)19-24-11-17(33-19)13-3-4-27(12-13)21(23)30/h1-2,9-11,13,25H,3-8,12H2,(H2,23,30). The molecule has 2 aliphatic heterocycles. The van der Waals surface area contributed by atoms with E-state index in [-0.39, 0.29) is 43.0 Å². The Morgan fingerprint density at radius 2 is 1.88 bits per heavy atom. The van der Waals surface area contributed by atoms with Crippen LogP contribution >= 0.6 is 22.9 Å². The quantitative estimate of drug-likeness (QED) is 0.542. The third kappa shape index (κ3) is 4.26. The number of hydrogen-bond donors (Lipinski definition) is 2. The summed E-state index contributed by atoms with van der Waals surface area (Å²) in [5.74, 6) is -0.0852. The number of benzene rings is 1. The number of fused-ring (bicyclic) bond motifs is 1. The van der Waals surface area contributed by atoms with E-state index >= 15 is 0 Å². The van der Waals surface area contributed by atoms with Crippen LogP contribution in [0.1, 0.15) is 27.0 Å². The third-order valence-corrected chi connectivity index (χ3v) is 9.51. The number of nitrogens with two attached hydrogens (primary N) is 1. The molecule has 34 heavy (non-hydrogen) atoms. The van der Waals surface area contributed by atoms with E-state index in [1.165, 1.54) is 15.6 Å². The molecule has 0 aliphatic carbocycles. The third-order valence-electron chi connectivity index (χ3n) is 6.31. The SMILES string of the molecule is NC(=O)N1CCC(c2cnc(C(=O)N3CCN(S(=O)(=O)c4cc5cc(Cl)ccc5[nH]4)CC3)s2)C1. The number of piperazine rings is 1. The average Bonchev–Trinajstić information content (AvgIpc) is 3.57. The molecule has 13 heteroatoms. The lowest BCUT2D eigenvalue weighted by Gasteiger charge is -2.33. The van der Waals surface area contributed by atoms with E-state index in [9.17, 15) is 18.0 Å². The maximum Gasteiger partial charge on any atom is 0.314 e. The summed E-state index contributed by atoms with van der Waals surface area (Å²) in [5, 5.41) is 1.73. The van der Waals surface area contributed by atoms with Crippen LogP contribution in [-0.4, -0.2) is 83.7 Å². The van der Waals surface area contributed by atoms with Crippen molar-refractivity contribution in [1.29, 1.82) is 0 Å². The zero-order valence-corrected chi connectivity index (χ0v) is 20.5. The van der Waals surface area contributed by atoms with Crippen LogP contribution < -0.4 is 5.73 Å². The molecule has 5 rings (SSSR count). The highest BCUT2D eigenvalue weighted by molar-refractivity contribution is 7.89. The molecule has 1 unspecified atom stereocenters. The van der Waals surface area contributed by atoms with Crippen LogP contribution in [0.15, 0.2) is 35.5 Å². The molecule has 0 radical (unpaired) electrons. The molecule has 180 valence electrons. The largest absolute Gasteiger partial charge is 0.351 e. The van der Waals surface area contributed by atoms with Crippen molar-refractivity contribution in [3.63, 3.8) is 0 Å². The molecule has 0 saturated carbocycles. The minimum Gasteiger partial charge on any atom is -0.351 e. The van der Waals surface area contributed by atoms with Gasteiger partial charge in [-0.25, -0.2) is 18.2 Å². The fourth-order valence-electron chi connectivity index (χ4n) is 4.39. The molecular formula is C21H23ClN6O4S2. The number of aromatic amines is 1. The smallest absolute Gasteiger partial charge is 0.314 e. The number of hydrogen-bond acceptors (Lipinski definition) is 6. The minimum absolute atomic E-state index is 0.107. The van der Waals surface area contributed by atoms with Crippen LogP contribution in [0.3, 0.4) is 0 Å². The zero-order valence-electron chi connectivity index (χ0n) is 18.1. The number of likely N-dealkylation sites (tertiary alicyclic amines) is 1. The van der Waals surface area contributed by atoms with Gasteiger partial charge in [-0.05, 0) is 30.7 Å². The first-order valence-corrected chi connectivity index (χ1v) is 13.4. The number of amides is 3. The van der Waals surface area contributed by atoms with Gasteiger partial charge in [0.1, 0.15) is 5.03 Å². The summed E-state index contributed by atoms with van der Waals surface area (Å²) in [5.41, 5.74) is 6.05. The summed E-state index contributed by atoms with van der Waals surface area (Å²) >= 11 is 7.33. The highest BCUT2D eigenvalue weighted by atomic mass is 35.5. The molecule has 4 heterocycles. The maximum absolute atomic E-state index is 13.1. The number of urea groups is 1. The lowest BCUT2D eigenvalue weighted by Crippen LogP contribution is -2.50. The Bertz CT molecular complexity index is 1360. The molecule has 2 aliphatic rings. The van der Waals surface area contributed by atoms with Crippen molar-refractivity contribution in [2.75, 3.05) is 39.3 Å². The van der Waals surface area contributed by atoms with E-state index in [4.69, 9.17) is 17.3 Å². The Morgan fingerprint density at radius 1 is 1.12 bits per heavy atom. The van der Waals surface area contributed by atoms with Gasteiger partial charge in [0.05, 0.1) is 0 Å². The first kappa shape index (κ1) is 23.1. The van der Waals surface area contributed by atoms with Crippen LogP contribution in [0.4, 0.5) is 4.79 Å². The summed E-state index contributed by atoms with van der Waals surface area (Å²) in [6.45, 7) is 2.07. The van der Waals surface area contributed by atoms with Gasteiger partial charge in [0, 0.05) is 72.2 Å². The number of halogens is 1. The van der Waals surface area contributed by atoms with Crippen LogP contribution in [0.5, 0.6) is 0 Å². The molecule has 2 aromatic heterocycles. The highest BCUT2D eigenvalue weighted by Crippen LogP contribution is 2.31. The van der Waals surface area contributed by atoms with Crippen molar-refractivity contribution < 1.29 is 18.0 Å². The van der Waals surface area contributed by atoms with E-state index in [0.717, 1.165) is 16.7 Å². The van der Waals surface area contributed by atoms with E-state index in [1.54, 1.807) is 40.3 Å². The first-order valence-electron chi connectivity index (χ1n) is 10.8. The Hall–Kier alpha value is -2.67. The number of sulfonamides is 1. The topological polar surface area (TPSA) is 133 Å². The molecule has 1 aromatic carbocycles. The van der Waals surface area contributed by atoms with Gasteiger partial charge in [-0.3, -0.25) is 4.79 Å². The van der Waals surface area contributed by atoms with Gasteiger partial charge in [-0.15, -0.1) is 11.3 Å². The van der Waals surface area contributed by atoms with Crippen molar-refractivity contribution in [2.45, 2.75) is 17.4 Å². The fraction of sp³-hybridized carbons (Fsp3) is 0.381. The van der Waals surface area contributed by atoms with Gasteiger partial charge < -0.3 is 20.5 Å². The number of nitrogens with zero attached hydrogens (tertiary/aromatic N) is 4. The lowest BCUT2D eigenvalue weighted by atomic mass is 10.1. The van der Waals surface area contributed by atoms with Crippen molar-refractivity contribution in [1.82, 2.24) is 24.1 Å². The van der Waals surface area contributed by atoms with E-state index in [1.807, 2.05) is 0 Å². The van der Waals surface area contributed by atoms with E-state index in [2.05, 4.69) is 9.97 Å². The van der Waals surface area contributed by atoms with Crippen molar-refractivity contribution >= 4 is 55.8 Å². The normalized spacial score (nSPS) is 19.7. The fourth-order valence-corrected chi connectivity index (χ4v) is 7.02. The number of carbonyl (C=O) groups is 2. The lowest BCUT2D eigenvalue weighted by molar-refractivity contribution is 0.0697. The van der Waals surface area contributed by atoms with Crippen LogP contribution in [-0.2, 0) is 10.0 Å². The number of thiazole rings is 1. The van der Waals surface area contributed by atoms with Gasteiger partial charge in [-0.1, -0.05) is 11.6 Å². The average molecular weight is 523 g/mol. The summed E-state index contributed by atoms with van der Waals surface area (Å²) < 4.78 is 27.6. The molecule has 3 aromatic rings. The predicted molar refractivity (Wildman–Crippen MR) is 129 cm³/mol.